The first-order chi connectivity index (χ1) is 9.20. The Morgan fingerprint density at radius 1 is 1.11 bits per heavy atom. The lowest BCUT2D eigenvalue weighted by Crippen LogP contribution is -2.23. The van der Waals surface area contributed by atoms with Crippen LogP contribution in [-0.4, -0.2) is 13.0 Å². The lowest BCUT2D eigenvalue weighted by Gasteiger charge is -2.16. The Kier molecular flexibility index (Phi) is 2.75. The van der Waals surface area contributed by atoms with E-state index in [4.69, 9.17) is 4.74 Å². The van der Waals surface area contributed by atoms with Gasteiger partial charge in [-0.15, -0.1) is 0 Å². The predicted octanol–water partition coefficient (Wildman–Crippen LogP) is 3.16. The van der Waals surface area contributed by atoms with Crippen molar-refractivity contribution in [3.63, 3.8) is 0 Å². The fourth-order valence-electron chi connectivity index (χ4n) is 2.51. The molecule has 0 aliphatic carbocycles. The number of nitrogens with zero attached hydrogens (tertiary/aromatic N) is 1. The van der Waals surface area contributed by atoms with Crippen molar-refractivity contribution in [1.82, 2.24) is 0 Å². The van der Waals surface area contributed by atoms with Gasteiger partial charge in [-0.2, -0.15) is 0 Å². The molecule has 19 heavy (non-hydrogen) atoms. The van der Waals surface area contributed by atoms with E-state index in [0.29, 0.717) is 6.54 Å². The second-order valence-electron chi connectivity index (χ2n) is 4.70. The third-order valence-electron chi connectivity index (χ3n) is 3.53. The van der Waals surface area contributed by atoms with Gasteiger partial charge in [0.25, 0.3) is 5.91 Å². The van der Waals surface area contributed by atoms with Crippen LogP contribution in [0.3, 0.4) is 0 Å². The minimum atomic E-state index is 0.0817. The molecule has 3 heteroatoms. The molecule has 0 radical (unpaired) electrons. The largest absolute Gasteiger partial charge is 0.497 e. The number of hydrogen-bond acceptors (Lipinski definition) is 2. The van der Waals surface area contributed by atoms with Gasteiger partial charge < -0.3 is 9.64 Å². The topological polar surface area (TPSA) is 29.5 Å². The summed E-state index contributed by atoms with van der Waals surface area (Å²) in [4.78, 5) is 14.3. The van der Waals surface area contributed by atoms with Crippen molar-refractivity contribution in [3.05, 3.63) is 59.2 Å². The number of methoxy groups -OCH3 is 1. The summed E-state index contributed by atoms with van der Waals surface area (Å²) in [5.41, 5.74) is 3.89. The molecule has 0 aromatic heterocycles. The molecule has 0 fully saturated rings. The average Bonchev–Trinajstić information content (AvgIpc) is 2.78. The zero-order chi connectivity index (χ0) is 13.4. The molecule has 0 bridgehead atoms. The number of hydrogen-bond donors (Lipinski definition) is 0. The maximum atomic E-state index is 12.5. The Labute approximate surface area is 112 Å². The first kappa shape index (κ1) is 11.8. The minimum Gasteiger partial charge on any atom is -0.497 e. The second kappa shape index (κ2) is 4.43. The van der Waals surface area contributed by atoms with Crippen molar-refractivity contribution < 1.29 is 9.53 Å². The molecule has 2 aromatic carbocycles. The number of ether oxygens (including phenoxy) is 1. The molecule has 0 unspecified atom stereocenters. The van der Waals surface area contributed by atoms with Gasteiger partial charge in [0.05, 0.1) is 13.7 Å². The van der Waals surface area contributed by atoms with Crippen LogP contribution in [0, 0.1) is 6.92 Å². The lowest BCUT2D eigenvalue weighted by atomic mass is 10.0. The SMILES string of the molecule is COc1ccc(N2Cc3cccc(C)c3C2=O)cc1. The summed E-state index contributed by atoms with van der Waals surface area (Å²) in [6.07, 6.45) is 0. The Balaban J connectivity index is 1.97. The van der Waals surface area contributed by atoms with Gasteiger partial charge in [0.2, 0.25) is 0 Å². The van der Waals surface area contributed by atoms with Gasteiger partial charge in [-0.3, -0.25) is 4.79 Å². The van der Waals surface area contributed by atoms with E-state index in [9.17, 15) is 4.79 Å². The van der Waals surface area contributed by atoms with Gasteiger partial charge >= 0.3 is 0 Å². The molecule has 1 aliphatic heterocycles. The number of anilines is 1. The highest BCUT2D eigenvalue weighted by molar-refractivity contribution is 6.10. The van der Waals surface area contributed by atoms with Crippen LogP contribution in [0.25, 0.3) is 0 Å². The lowest BCUT2D eigenvalue weighted by molar-refractivity contribution is 0.0996. The van der Waals surface area contributed by atoms with E-state index in [-0.39, 0.29) is 5.91 Å². The quantitative estimate of drug-likeness (QED) is 0.822. The smallest absolute Gasteiger partial charge is 0.259 e. The Hall–Kier alpha value is -2.29. The summed E-state index contributed by atoms with van der Waals surface area (Å²) in [5, 5.41) is 0. The van der Waals surface area contributed by atoms with Crippen LogP contribution in [0.2, 0.25) is 0 Å². The van der Waals surface area contributed by atoms with Crippen molar-refractivity contribution in [1.29, 1.82) is 0 Å². The van der Waals surface area contributed by atoms with Crippen molar-refractivity contribution in [2.24, 2.45) is 0 Å². The van der Waals surface area contributed by atoms with Gasteiger partial charge in [-0.1, -0.05) is 18.2 Å². The first-order valence-electron chi connectivity index (χ1n) is 6.25. The van der Waals surface area contributed by atoms with E-state index in [2.05, 4.69) is 0 Å². The first-order valence-corrected chi connectivity index (χ1v) is 6.25. The van der Waals surface area contributed by atoms with Crippen molar-refractivity contribution in [2.75, 3.05) is 12.0 Å². The molecule has 1 amide bonds. The molecule has 2 aromatic rings. The molecule has 0 N–H and O–H groups in total. The second-order valence-corrected chi connectivity index (χ2v) is 4.70. The van der Waals surface area contributed by atoms with Gasteiger partial charge in [0.1, 0.15) is 5.75 Å². The third kappa shape index (κ3) is 1.87. The highest BCUT2D eigenvalue weighted by Gasteiger charge is 2.29. The maximum absolute atomic E-state index is 12.5. The Bertz CT molecular complexity index is 632. The Morgan fingerprint density at radius 2 is 1.84 bits per heavy atom. The standard InChI is InChI=1S/C16H15NO2/c1-11-4-3-5-12-10-17(16(18)15(11)12)13-6-8-14(19-2)9-7-13/h3-9H,10H2,1-2H3. The zero-order valence-electron chi connectivity index (χ0n) is 11.0. The number of benzene rings is 2. The third-order valence-corrected chi connectivity index (χ3v) is 3.53. The van der Waals surface area contributed by atoms with Crippen molar-refractivity contribution in [2.45, 2.75) is 13.5 Å². The normalized spacial score (nSPS) is 13.6. The van der Waals surface area contributed by atoms with Crippen LogP contribution in [-0.2, 0) is 6.54 Å². The van der Waals surface area contributed by atoms with Gasteiger partial charge in [-0.05, 0) is 42.3 Å². The van der Waals surface area contributed by atoms with Crippen LogP contribution >= 0.6 is 0 Å². The van der Waals surface area contributed by atoms with Gasteiger partial charge in [0, 0.05) is 11.3 Å². The molecule has 3 rings (SSSR count). The van der Waals surface area contributed by atoms with E-state index >= 15 is 0 Å². The average molecular weight is 253 g/mol. The number of aryl methyl sites for hydroxylation is 1. The number of carbonyl (C=O) groups excluding carboxylic acids is 1. The summed E-state index contributed by atoms with van der Waals surface area (Å²) < 4.78 is 5.14. The van der Waals surface area contributed by atoms with E-state index in [1.807, 2.05) is 49.4 Å². The molecule has 96 valence electrons. The highest BCUT2D eigenvalue weighted by atomic mass is 16.5. The molecular formula is C16H15NO2. The summed E-state index contributed by atoms with van der Waals surface area (Å²) in [5.74, 6) is 0.877. The van der Waals surface area contributed by atoms with Crippen molar-refractivity contribution >= 4 is 11.6 Å². The zero-order valence-corrected chi connectivity index (χ0v) is 11.0. The Morgan fingerprint density at radius 3 is 2.47 bits per heavy atom. The van der Waals surface area contributed by atoms with Crippen LogP contribution < -0.4 is 9.64 Å². The van der Waals surface area contributed by atoms with Crippen LogP contribution in [0.5, 0.6) is 5.75 Å². The molecule has 1 heterocycles. The summed E-state index contributed by atoms with van der Waals surface area (Å²) in [6.45, 7) is 2.62. The fraction of sp³-hybridized carbons (Fsp3) is 0.188. The molecule has 3 nitrogen and oxygen atoms in total. The maximum Gasteiger partial charge on any atom is 0.259 e. The van der Waals surface area contributed by atoms with Gasteiger partial charge in [-0.25, -0.2) is 0 Å². The summed E-state index contributed by atoms with van der Waals surface area (Å²) in [7, 11) is 1.63. The van der Waals surface area contributed by atoms with E-state index < -0.39 is 0 Å². The minimum absolute atomic E-state index is 0.0817. The van der Waals surface area contributed by atoms with E-state index in [0.717, 1.165) is 28.1 Å². The number of carbonyl (C=O) groups is 1. The molecule has 0 atom stereocenters. The molecular weight excluding hydrogens is 238 g/mol. The van der Waals surface area contributed by atoms with E-state index in [1.54, 1.807) is 12.0 Å². The molecule has 1 aliphatic rings. The van der Waals surface area contributed by atoms with Crippen LogP contribution in [0.15, 0.2) is 42.5 Å². The van der Waals surface area contributed by atoms with Crippen LogP contribution in [0.4, 0.5) is 5.69 Å². The van der Waals surface area contributed by atoms with Gasteiger partial charge in [0.15, 0.2) is 0 Å². The molecule has 0 spiro atoms. The summed E-state index contributed by atoms with van der Waals surface area (Å²) in [6, 6.07) is 13.6. The van der Waals surface area contributed by atoms with Crippen LogP contribution in [0.1, 0.15) is 21.5 Å². The highest BCUT2D eigenvalue weighted by Crippen LogP contribution is 2.30. The van der Waals surface area contributed by atoms with Crippen molar-refractivity contribution in [3.8, 4) is 5.75 Å². The number of rotatable bonds is 2. The van der Waals surface area contributed by atoms with E-state index in [1.165, 1.54) is 0 Å². The number of fused-ring (bicyclic) bond motifs is 1. The number of amides is 1. The summed E-state index contributed by atoms with van der Waals surface area (Å²) >= 11 is 0. The molecule has 0 saturated carbocycles. The fourth-order valence-corrected chi connectivity index (χ4v) is 2.51. The predicted molar refractivity (Wildman–Crippen MR) is 74.7 cm³/mol. The molecule has 0 saturated heterocycles. The monoisotopic (exact) mass is 253 g/mol.